The average molecular weight is 330 g/mol. The molecule has 1 aromatic carbocycles. The number of esters is 1. The van der Waals surface area contributed by atoms with Gasteiger partial charge in [-0.15, -0.1) is 0 Å². The van der Waals surface area contributed by atoms with Gasteiger partial charge < -0.3 is 15.0 Å². The lowest BCUT2D eigenvalue weighted by Gasteiger charge is -2.40. The molecule has 0 aromatic heterocycles. The first-order valence-electron chi connectivity index (χ1n) is 8.85. The van der Waals surface area contributed by atoms with Crippen LogP contribution in [0.15, 0.2) is 30.3 Å². The van der Waals surface area contributed by atoms with Gasteiger partial charge >= 0.3 is 12.0 Å². The Morgan fingerprint density at radius 3 is 2.33 bits per heavy atom. The van der Waals surface area contributed by atoms with Crippen molar-refractivity contribution in [3.8, 4) is 0 Å². The minimum Gasteiger partial charge on any atom is -0.468 e. The standard InChI is InChI=1S/C19H26N2O3/c1-24-17(22)19(15-7-3-2-4-8-15)11-13-21(14-12-19)18(23)20-16-9-5-6-10-16/h2-4,7-8,16H,5-6,9-14H2,1H3,(H,20,23). The summed E-state index contributed by atoms with van der Waals surface area (Å²) >= 11 is 0. The van der Waals surface area contributed by atoms with E-state index in [4.69, 9.17) is 4.74 Å². The number of carbonyl (C=O) groups is 2. The Kier molecular flexibility index (Phi) is 5.07. The first kappa shape index (κ1) is 16.8. The van der Waals surface area contributed by atoms with E-state index in [1.807, 2.05) is 35.2 Å². The second-order valence-electron chi connectivity index (χ2n) is 6.86. The molecular weight excluding hydrogens is 304 g/mol. The maximum absolute atomic E-state index is 12.5. The van der Waals surface area contributed by atoms with Gasteiger partial charge in [0.15, 0.2) is 0 Å². The maximum Gasteiger partial charge on any atom is 0.317 e. The molecular formula is C19H26N2O3. The molecule has 2 fully saturated rings. The molecule has 0 unspecified atom stereocenters. The molecule has 1 aliphatic carbocycles. The second kappa shape index (κ2) is 7.24. The summed E-state index contributed by atoms with van der Waals surface area (Å²) in [5.74, 6) is -0.204. The van der Waals surface area contributed by atoms with Crippen LogP contribution in [0.25, 0.3) is 0 Å². The smallest absolute Gasteiger partial charge is 0.317 e. The first-order valence-corrected chi connectivity index (χ1v) is 8.85. The van der Waals surface area contributed by atoms with Gasteiger partial charge in [-0.1, -0.05) is 43.2 Å². The number of likely N-dealkylation sites (tertiary alicyclic amines) is 1. The number of hydrogen-bond acceptors (Lipinski definition) is 3. The molecule has 1 N–H and O–H groups in total. The van der Waals surface area contributed by atoms with Gasteiger partial charge in [-0.3, -0.25) is 4.79 Å². The molecule has 5 nitrogen and oxygen atoms in total. The first-order chi connectivity index (χ1) is 11.7. The van der Waals surface area contributed by atoms with Crippen molar-refractivity contribution in [2.45, 2.75) is 50.0 Å². The molecule has 2 aliphatic rings. The fourth-order valence-corrected chi connectivity index (χ4v) is 3.99. The number of hydrogen-bond donors (Lipinski definition) is 1. The molecule has 24 heavy (non-hydrogen) atoms. The van der Waals surface area contributed by atoms with Crippen molar-refractivity contribution in [2.24, 2.45) is 0 Å². The summed E-state index contributed by atoms with van der Waals surface area (Å²) in [6, 6.07) is 10.1. The zero-order valence-electron chi connectivity index (χ0n) is 14.3. The third-order valence-electron chi connectivity index (χ3n) is 5.49. The van der Waals surface area contributed by atoms with E-state index in [-0.39, 0.29) is 12.0 Å². The van der Waals surface area contributed by atoms with Crippen LogP contribution >= 0.6 is 0 Å². The summed E-state index contributed by atoms with van der Waals surface area (Å²) < 4.78 is 5.09. The number of ether oxygens (including phenoxy) is 1. The zero-order valence-corrected chi connectivity index (χ0v) is 14.3. The number of piperidine rings is 1. The van der Waals surface area contributed by atoms with Crippen LogP contribution in [0.5, 0.6) is 0 Å². The molecule has 3 rings (SSSR count). The van der Waals surface area contributed by atoms with E-state index in [1.54, 1.807) is 0 Å². The van der Waals surface area contributed by atoms with Gasteiger partial charge in [0.05, 0.1) is 12.5 Å². The Labute approximate surface area is 143 Å². The highest BCUT2D eigenvalue weighted by Gasteiger charge is 2.44. The lowest BCUT2D eigenvalue weighted by molar-refractivity contribution is -0.149. The normalized spacial score (nSPS) is 20.6. The zero-order chi connectivity index (χ0) is 17.0. The van der Waals surface area contributed by atoms with Crippen molar-refractivity contribution < 1.29 is 14.3 Å². The van der Waals surface area contributed by atoms with E-state index in [2.05, 4.69) is 5.32 Å². The number of methoxy groups -OCH3 is 1. The van der Waals surface area contributed by atoms with E-state index >= 15 is 0 Å². The van der Waals surface area contributed by atoms with Gasteiger partial charge in [0.25, 0.3) is 0 Å². The van der Waals surface area contributed by atoms with Crippen molar-refractivity contribution in [3.05, 3.63) is 35.9 Å². The molecule has 0 bridgehead atoms. The maximum atomic E-state index is 12.5. The Bertz CT molecular complexity index is 574. The van der Waals surface area contributed by atoms with E-state index in [9.17, 15) is 9.59 Å². The van der Waals surface area contributed by atoms with Gasteiger partial charge in [0, 0.05) is 19.1 Å². The highest BCUT2D eigenvalue weighted by atomic mass is 16.5. The highest BCUT2D eigenvalue weighted by Crippen LogP contribution is 2.36. The quantitative estimate of drug-likeness (QED) is 0.867. The summed E-state index contributed by atoms with van der Waals surface area (Å²) in [7, 11) is 1.44. The number of nitrogens with one attached hydrogen (secondary N) is 1. The topological polar surface area (TPSA) is 58.6 Å². The number of amides is 2. The van der Waals surface area contributed by atoms with Crippen LogP contribution in [0.2, 0.25) is 0 Å². The Morgan fingerprint density at radius 2 is 1.75 bits per heavy atom. The molecule has 1 heterocycles. The van der Waals surface area contributed by atoms with Crippen LogP contribution in [-0.4, -0.2) is 43.1 Å². The van der Waals surface area contributed by atoms with Crippen molar-refractivity contribution in [3.63, 3.8) is 0 Å². The van der Waals surface area contributed by atoms with Gasteiger partial charge in [-0.25, -0.2) is 4.79 Å². The van der Waals surface area contributed by atoms with E-state index < -0.39 is 5.41 Å². The molecule has 0 spiro atoms. The van der Waals surface area contributed by atoms with Crippen LogP contribution in [0.3, 0.4) is 0 Å². The van der Waals surface area contributed by atoms with Gasteiger partial charge in [0.1, 0.15) is 0 Å². The van der Waals surface area contributed by atoms with Gasteiger partial charge in [-0.2, -0.15) is 0 Å². The fourth-order valence-electron chi connectivity index (χ4n) is 3.99. The minimum absolute atomic E-state index is 0.00780. The number of rotatable bonds is 3. The van der Waals surface area contributed by atoms with E-state index in [0.29, 0.717) is 32.0 Å². The predicted molar refractivity (Wildman–Crippen MR) is 91.7 cm³/mol. The third-order valence-corrected chi connectivity index (χ3v) is 5.49. The molecule has 5 heteroatoms. The number of nitrogens with zero attached hydrogens (tertiary/aromatic N) is 1. The minimum atomic E-state index is -0.639. The fraction of sp³-hybridized carbons (Fsp3) is 0.579. The lowest BCUT2D eigenvalue weighted by atomic mass is 9.73. The number of urea groups is 1. The van der Waals surface area contributed by atoms with Crippen LogP contribution in [0.1, 0.15) is 44.1 Å². The van der Waals surface area contributed by atoms with E-state index in [0.717, 1.165) is 18.4 Å². The molecule has 0 atom stereocenters. The summed E-state index contributed by atoms with van der Waals surface area (Å²) in [5, 5.41) is 3.13. The van der Waals surface area contributed by atoms with E-state index in [1.165, 1.54) is 20.0 Å². The Balaban J connectivity index is 1.68. The molecule has 1 aliphatic heterocycles. The van der Waals surface area contributed by atoms with Crippen molar-refractivity contribution in [1.29, 1.82) is 0 Å². The second-order valence-corrected chi connectivity index (χ2v) is 6.86. The molecule has 1 aromatic rings. The average Bonchev–Trinajstić information content (AvgIpc) is 3.14. The SMILES string of the molecule is COC(=O)C1(c2ccccc2)CCN(C(=O)NC2CCCC2)CC1. The highest BCUT2D eigenvalue weighted by molar-refractivity contribution is 5.84. The Hall–Kier alpha value is -2.04. The van der Waals surface area contributed by atoms with Crippen LogP contribution in [0, 0.1) is 0 Å². The van der Waals surface area contributed by atoms with Gasteiger partial charge in [-0.05, 0) is 31.2 Å². The molecule has 2 amide bonds. The number of benzene rings is 1. The van der Waals surface area contributed by atoms with Crippen molar-refractivity contribution in [1.82, 2.24) is 10.2 Å². The summed E-state index contributed by atoms with van der Waals surface area (Å²) in [6.45, 7) is 1.14. The molecule has 0 radical (unpaired) electrons. The van der Waals surface area contributed by atoms with Gasteiger partial charge in [0.2, 0.25) is 0 Å². The van der Waals surface area contributed by atoms with Crippen LogP contribution in [0.4, 0.5) is 4.79 Å². The van der Waals surface area contributed by atoms with Crippen molar-refractivity contribution >= 4 is 12.0 Å². The largest absolute Gasteiger partial charge is 0.468 e. The summed E-state index contributed by atoms with van der Waals surface area (Å²) in [6.07, 6.45) is 5.75. The van der Waals surface area contributed by atoms with Crippen LogP contribution < -0.4 is 5.32 Å². The summed E-state index contributed by atoms with van der Waals surface area (Å²) in [5.41, 5.74) is 0.341. The van der Waals surface area contributed by atoms with Crippen LogP contribution in [-0.2, 0) is 14.9 Å². The molecule has 130 valence electrons. The monoisotopic (exact) mass is 330 g/mol. The van der Waals surface area contributed by atoms with Crippen molar-refractivity contribution in [2.75, 3.05) is 20.2 Å². The third kappa shape index (κ3) is 3.25. The lowest BCUT2D eigenvalue weighted by Crippen LogP contribution is -2.53. The molecule has 1 saturated heterocycles. The molecule has 1 saturated carbocycles. The predicted octanol–water partition coefficient (Wildman–Crippen LogP) is 2.85. The number of carbonyl (C=O) groups excluding carboxylic acids is 2. The Morgan fingerprint density at radius 1 is 1.12 bits per heavy atom. The summed E-state index contributed by atoms with van der Waals surface area (Å²) in [4.78, 5) is 26.8.